The lowest BCUT2D eigenvalue weighted by molar-refractivity contribution is -0.0498. The van der Waals surface area contributed by atoms with Crippen molar-refractivity contribution in [2.24, 2.45) is 5.73 Å². The molecule has 2 atom stereocenters. The van der Waals surface area contributed by atoms with Crippen LogP contribution in [0.3, 0.4) is 0 Å². The third-order valence-corrected chi connectivity index (χ3v) is 3.86. The van der Waals surface area contributed by atoms with E-state index in [9.17, 15) is 13.6 Å². The number of alkyl halides is 2. The van der Waals surface area contributed by atoms with E-state index in [1.165, 1.54) is 24.3 Å². The number of benzene rings is 1. The number of hydrogen-bond donors (Lipinski definition) is 1. The normalized spacial score (nSPS) is 21.0. The number of ether oxygens (including phenoxy) is 2. The van der Waals surface area contributed by atoms with E-state index in [1.54, 1.807) is 12.0 Å². The van der Waals surface area contributed by atoms with Gasteiger partial charge in [0, 0.05) is 31.8 Å². The molecule has 1 aliphatic heterocycles. The van der Waals surface area contributed by atoms with Crippen LogP contribution in [0.4, 0.5) is 8.78 Å². The lowest BCUT2D eigenvalue weighted by Gasteiger charge is -2.38. The van der Waals surface area contributed by atoms with Gasteiger partial charge in [-0.05, 0) is 37.1 Å². The predicted molar refractivity (Wildman–Crippen MR) is 84.2 cm³/mol. The molecule has 5 nitrogen and oxygen atoms in total. The van der Waals surface area contributed by atoms with Gasteiger partial charge in [-0.3, -0.25) is 4.79 Å². The molecule has 2 rings (SSSR count). The summed E-state index contributed by atoms with van der Waals surface area (Å²) in [5.74, 6) is -0.131. The van der Waals surface area contributed by atoms with E-state index in [0.29, 0.717) is 25.1 Å². The van der Waals surface area contributed by atoms with E-state index in [4.69, 9.17) is 10.5 Å². The molecule has 1 amide bonds. The fourth-order valence-electron chi connectivity index (χ4n) is 2.66. The fourth-order valence-corrected chi connectivity index (χ4v) is 2.66. The van der Waals surface area contributed by atoms with Crippen LogP contribution >= 0.6 is 12.4 Å². The van der Waals surface area contributed by atoms with Gasteiger partial charge in [-0.2, -0.15) is 8.78 Å². The van der Waals surface area contributed by atoms with Gasteiger partial charge in [0.1, 0.15) is 5.75 Å². The minimum Gasteiger partial charge on any atom is -0.435 e. The van der Waals surface area contributed by atoms with Crippen molar-refractivity contribution in [1.29, 1.82) is 0 Å². The first kappa shape index (κ1) is 19.6. The Kier molecular flexibility index (Phi) is 7.67. The van der Waals surface area contributed by atoms with Crippen LogP contribution in [-0.4, -0.2) is 49.8 Å². The summed E-state index contributed by atoms with van der Waals surface area (Å²) in [6.07, 6.45) is 1.57. The average Bonchev–Trinajstić information content (AvgIpc) is 2.53. The summed E-state index contributed by atoms with van der Waals surface area (Å²) in [6, 6.07) is 5.60. The van der Waals surface area contributed by atoms with Gasteiger partial charge in [0.05, 0.1) is 6.10 Å². The minimum absolute atomic E-state index is 0. The van der Waals surface area contributed by atoms with Gasteiger partial charge in [0.15, 0.2) is 0 Å². The van der Waals surface area contributed by atoms with Crippen molar-refractivity contribution in [3.63, 3.8) is 0 Å². The smallest absolute Gasteiger partial charge is 0.387 e. The van der Waals surface area contributed by atoms with Gasteiger partial charge in [-0.25, -0.2) is 0 Å². The van der Waals surface area contributed by atoms with Crippen molar-refractivity contribution < 1.29 is 23.0 Å². The Bertz CT molecular complexity index is 502. The molecule has 1 aromatic carbocycles. The maximum absolute atomic E-state index is 12.5. The standard InChI is InChI=1S/C15H20F2N2O3.ClH/c1-21-13-6-7-19(11(8-13)9-18)14(20)10-2-4-12(5-3-10)22-15(16)17;/h2-5,11,13,15H,6-9,18H2,1H3;1H. The Labute approximate surface area is 140 Å². The van der Waals surface area contributed by atoms with E-state index < -0.39 is 6.61 Å². The second-order valence-corrected chi connectivity index (χ2v) is 5.17. The van der Waals surface area contributed by atoms with Gasteiger partial charge in [-0.15, -0.1) is 12.4 Å². The number of nitrogens with two attached hydrogens (primary N) is 1. The number of amides is 1. The Morgan fingerprint density at radius 3 is 2.57 bits per heavy atom. The van der Waals surface area contributed by atoms with E-state index in [0.717, 1.165) is 6.42 Å². The largest absolute Gasteiger partial charge is 0.435 e. The Morgan fingerprint density at radius 2 is 2.04 bits per heavy atom. The highest BCUT2D eigenvalue weighted by atomic mass is 35.5. The third-order valence-electron chi connectivity index (χ3n) is 3.86. The molecule has 1 heterocycles. The van der Waals surface area contributed by atoms with E-state index >= 15 is 0 Å². The lowest BCUT2D eigenvalue weighted by atomic mass is 9.98. The highest BCUT2D eigenvalue weighted by Gasteiger charge is 2.31. The van der Waals surface area contributed by atoms with E-state index in [-0.39, 0.29) is 36.2 Å². The van der Waals surface area contributed by atoms with Crippen LogP contribution in [0.5, 0.6) is 5.75 Å². The number of likely N-dealkylation sites (tertiary alicyclic amines) is 1. The molecule has 1 aliphatic rings. The lowest BCUT2D eigenvalue weighted by Crippen LogP contribution is -2.51. The summed E-state index contributed by atoms with van der Waals surface area (Å²) < 4.78 is 33.8. The Morgan fingerprint density at radius 1 is 1.39 bits per heavy atom. The highest BCUT2D eigenvalue weighted by Crippen LogP contribution is 2.22. The van der Waals surface area contributed by atoms with Crippen molar-refractivity contribution >= 4 is 18.3 Å². The summed E-state index contributed by atoms with van der Waals surface area (Å²) >= 11 is 0. The van der Waals surface area contributed by atoms with Crippen molar-refractivity contribution in [3.8, 4) is 5.75 Å². The van der Waals surface area contributed by atoms with E-state index in [1.807, 2.05) is 0 Å². The second kappa shape index (κ2) is 9.00. The molecule has 0 aliphatic carbocycles. The van der Waals surface area contributed by atoms with Gasteiger partial charge in [0.25, 0.3) is 5.91 Å². The topological polar surface area (TPSA) is 64.8 Å². The summed E-state index contributed by atoms with van der Waals surface area (Å²) in [6.45, 7) is -1.96. The summed E-state index contributed by atoms with van der Waals surface area (Å²) in [5.41, 5.74) is 6.18. The number of carbonyl (C=O) groups excluding carboxylic acids is 1. The van der Waals surface area contributed by atoms with Crippen molar-refractivity contribution in [1.82, 2.24) is 4.90 Å². The fraction of sp³-hybridized carbons (Fsp3) is 0.533. The first-order valence-corrected chi connectivity index (χ1v) is 7.13. The van der Waals surface area contributed by atoms with Crippen LogP contribution in [-0.2, 0) is 4.74 Å². The average molecular weight is 351 g/mol. The number of piperidine rings is 1. The van der Waals surface area contributed by atoms with Gasteiger partial charge < -0.3 is 20.1 Å². The molecule has 0 radical (unpaired) electrons. The number of hydrogen-bond acceptors (Lipinski definition) is 4. The van der Waals surface area contributed by atoms with Crippen LogP contribution in [0.15, 0.2) is 24.3 Å². The molecule has 2 unspecified atom stereocenters. The zero-order valence-corrected chi connectivity index (χ0v) is 13.6. The zero-order chi connectivity index (χ0) is 16.1. The monoisotopic (exact) mass is 350 g/mol. The number of methoxy groups -OCH3 is 1. The summed E-state index contributed by atoms with van der Waals surface area (Å²) in [5, 5.41) is 0. The molecule has 8 heteroatoms. The molecule has 23 heavy (non-hydrogen) atoms. The zero-order valence-electron chi connectivity index (χ0n) is 12.8. The number of halogens is 3. The molecule has 0 spiro atoms. The third kappa shape index (κ3) is 5.02. The molecule has 0 aromatic heterocycles. The van der Waals surface area contributed by atoms with Gasteiger partial charge in [0.2, 0.25) is 0 Å². The number of nitrogens with zero attached hydrogens (tertiary/aromatic N) is 1. The SMILES string of the molecule is COC1CCN(C(=O)c2ccc(OC(F)F)cc2)C(CN)C1.Cl. The molecule has 0 bridgehead atoms. The van der Waals surface area contributed by atoms with Crippen LogP contribution in [0.1, 0.15) is 23.2 Å². The van der Waals surface area contributed by atoms with Crippen LogP contribution < -0.4 is 10.5 Å². The minimum atomic E-state index is -2.88. The van der Waals surface area contributed by atoms with Crippen molar-refractivity contribution in [3.05, 3.63) is 29.8 Å². The number of rotatable bonds is 5. The Hall–Kier alpha value is -1.44. The van der Waals surface area contributed by atoms with Gasteiger partial charge in [-0.1, -0.05) is 0 Å². The van der Waals surface area contributed by atoms with Crippen molar-refractivity contribution in [2.75, 3.05) is 20.2 Å². The first-order valence-electron chi connectivity index (χ1n) is 7.13. The van der Waals surface area contributed by atoms with Crippen LogP contribution in [0.25, 0.3) is 0 Å². The first-order chi connectivity index (χ1) is 10.5. The quantitative estimate of drug-likeness (QED) is 0.885. The van der Waals surface area contributed by atoms with Crippen LogP contribution in [0, 0.1) is 0 Å². The second-order valence-electron chi connectivity index (χ2n) is 5.17. The molecule has 1 aromatic rings. The maximum atomic E-state index is 12.5. The van der Waals surface area contributed by atoms with E-state index in [2.05, 4.69) is 4.74 Å². The molecular weight excluding hydrogens is 330 g/mol. The number of carbonyl (C=O) groups is 1. The molecule has 130 valence electrons. The molecule has 0 saturated carbocycles. The van der Waals surface area contributed by atoms with Gasteiger partial charge >= 0.3 is 6.61 Å². The molecule has 1 saturated heterocycles. The Balaban J connectivity index is 0.00000264. The molecule has 1 fully saturated rings. The molecular formula is C15H21ClF2N2O3. The summed E-state index contributed by atoms with van der Waals surface area (Å²) in [4.78, 5) is 14.3. The predicted octanol–water partition coefficient (Wildman–Crippen LogP) is 2.29. The van der Waals surface area contributed by atoms with Crippen LogP contribution in [0.2, 0.25) is 0 Å². The molecule has 2 N–H and O–H groups in total. The maximum Gasteiger partial charge on any atom is 0.387 e. The van der Waals surface area contributed by atoms with Crippen molar-refractivity contribution in [2.45, 2.75) is 31.6 Å². The summed E-state index contributed by atoms with van der Waals surface area (Å²) in [7, 11) is 1.65. The highest BCUT2D eigenvalue weighted by molar-refractivity contribution is 5.94.